The molecule has 3 rings (SSSR count). The first-order valence-corrected chi connectivity index (χ1v) is 7.71. The number of hydrogen-bond donors (Lipinski definition) is 0. The smallest absolute Gasteiger partial charge is 0.166 e. The molecule has 3 aromatic rings. The lowest BCUT2D eigenvalue weighted by molar-refractivity contribution is -0.137. The Hall–Kier alpha value is -2.55. The Balaban J connectivity index is 2.23. The van der Waals surface area contributed by atoms with E-state index in [9.17, 15) is 13.2 Å². The van der Waals surface area contributed by atoms with Gasteiger partial charge in [-0.05, 0) is 53.3 Å². The lowest BCUT2D eigenvalue weighted by Crippen LogP contribution is -2.08. The second kappa shape index (κ2) is 6.16. The van der Waals surface area contributed by atoms with Gasteiger partial charge in [0, 0.05) is 0 Å². The molecule has 0 heterocycles. The average Bonchev–Trinajstić information content (AvgIpc) is 2.55. The van der Waals surface area contributed by atoms with Crippen LogP contribution in [-0.4, -0.2) is 0 Å². The zero-order valence-corrected chi connectivity index (χ0v) is 13.5. The maximum absolute atomic E-state index is 13.7. The molecule has 24 heavy (non-hydrogen) atoms. The molecule has 0 unspecified atom stereocenters. The van der Waals surface area contributed by atoms with Crippen molar-refractivity contribution in [2.75, 3.05) is 0 Å². The number of hydrogen-bond acceptors (Lipinski definition) is 0. The molecule has 0 saturated carbocycles. The van der Waals surface area contributed by atoms with Crippen molar-refractivity contribution in [2.24, 2.45) is 0 Å². The predicted molar refractivity (Wildman–Crippen MR) is 91.8 cm³/mol. The molecule has 0 N–H and O–H groups in total. The topological polar surface area (TPSA) is 0 Å². The van der Waals surface area contributed by atoms with E-state index >= 15 is 0 Å². The molecule has 0 fully saturated rings. The summed E-state index contributed by atoms with van der Waals surface area (Å²) in [6.07, 6.45) is -4.41. The Morgan fingerprint density at radius 1 is 0.625 bits per heavy atom. The largest absolute Gasteiger partial charge is 0.417 e. The highest BCUT2D eigenvalue weighted by Gasteiger charge is 2.34. The van der Waals surface area contributed by atoms with Crippen LogP contribution in [0, 0.1) is 13.8 Å². The SMILES string of the molecule is Cc1ccccc1-c1ccc(-c2ccccc2C)c(C(F)(F)F)c1. The third-order valence-electron chi connectivity index (χ3n) is 4.22. The summed E-state index contributed by atoms with van der Waals surface area (Å²) < 4.78 is 41.0. The Labute approximate surface area is 139 Å². The molecule has 122 valence electrons. The van der Waals surface area contributed by atoms with Gasteiger partial charge < -0.3 is 0 Å². The van der Waals surface area contributed by atoms with Crippen LogP contribution >= 0.6 is 0 Å². The van der Waals surface area contributed by atoms with Gasteiger partial charge in [-0.1, -0.05) is 60.7 Å². The van der Waals surface area contributed by atoms with Gasteiger partial charge in [-0.3, -0.25) is 0 Å². The molecule has 0 spiro atoms. The van der Waals surface area contributed by atoms with Gasteiger partial charge in [0.1, 0.15) is 0 Å². The summed E-state index contributed by atoms with van der Waals surface area (Å²) in [5.41, 5.74) is 3.41. The van der Waals surface area contributed by atoms with Crippen molar-refractivity contribution in [3.05, 3.63) is 83.4 Å². The molecule has 0 aromatic heterocycles. The van der Waals surface area contributed by atoms with Gasteiger partial charge in [0.05, 0.1) is 5.56 Å². The van der Waals surface area contributed by atoms with Crippen LogP contribution in [0.3, 0.4) is 0 Å². The van der Waals surface area contributed by atoms with Crippen molar-refractivity contribution in [3.8, 4) is 22.3 Å². The molecule has 0 atom stereocenters. The average molecular weight is 326 g/mol. The molecule has 0 amide bonds. The number of alkyl halides is 3. The Kier molecular flexibility index (Phi) is 4.18. The fourth-order valence-electron chi connectivity index (χ4n) is 2.95. The van der Waals surface area contributed by atoms with Gasteiger partial charge in [-0.15, -0.1) is 0 Å². The highest BCUT2D eigenvalue weighted by Crippen LogP contribution is 2.40. The normalized spacial score (nSPS) is 11.5. The lowest BCUT2D eigenvalue weighted by atomic mass is 9.91. The molecule has 0 bridgehead atoms. The van der Waals surface area contributed by atoms with Gasteiger partial charge >= 0.3 is 6.18 Å². The molecule has 0 aliphatic carbocycles. The third kappa shape index (κ3) is 3.07. The molecule has 0 saturated heterocycles. The van der Waals surface area contributed by atoms with Gasteiger partial charge in [0.15, 0.2) is 0 Å². The summed E-state index contributed by atoms with van der Waals surface area (Å²) in [5, 5.41) is 0. The minimum absolute atomic E-state index is 0.220. The van der Waals surface area contributed by atoms with Crippen LogP contribution < -0.4 is 0 Å². The van der Waals surface area contributed by atoms with E-state index in [1.54, 1.807) is 24.3 Å². The van der Waals surface area contributed by atoms with Crippen LogP contribution in [0.2, 0.25) is 0 Å². The third-order valence-corrected chi connectivity index (χ3v) is 4.22. The van der Waals surface area contributed by atoms with E-state index in [2.05, 4.69) is 0 Å². The van der Waals surface area contributed by atoms with E-state index in [1.807, 2.05) is 50.2 Å². The van der Waals surface area contributed by atoms with Crippen molar-refractivity contribution in [1.29, 1.82) is 0 Å². The highest BCUT2D eigenvalue weighted by molar-refractivity contribution is 5.77. The van der Waals surface area contributed by atoms with Gasteiger partial charge in [-0.2, -0.15) is 13.2 Å². The summed E-state index contributed by atoms with van der Waals surface area (Å²) >= 11 is 0. The second-order valence-electron chi connectivity index (χ2n) is 5.89. The Morgan fingerprint density at radius 3 is 1.71 bits per heavy atom. The van der Waals surface area contributed by atoms with Crippen LogP contribution in [-0.2, 0) is 6.18 Å². The molecule has 0 aliphatic rings. The maximum atomic E-state index is 13.7. The summed E-state index contributed by atoms with van der Waals surface area (Å²) in [6.45, 7) is 3.72. The molecule has 0 nitrogen and oxygen atoms in total. The minimum atomic E-state index is -4.41. The molecular weight excluding hydrogens is 309 g/mol. The summed E-state index contributed by atoms with van der Waals surface area (Å²) in [5.74, 6) is 0. The van der Waals surface area contributed by atoms with Gasteiger partial charge in [-0.25, -0.2) is 0 Å². The summed E-state index contributed by atoms with van der Waals surface area (Å²) in [6, 6.07) is 19.2. The fourth-order valence-corrected chi connectivity index (χ4v) is 2.95. The molecule has 3 aromatic carbocycles. The first kappa shape index (κ1) is 16.3. The van der Waals surface area contributed by atoms with Crippen LogP contribution in [0.4, 0.5) is 13.2 Å². The van der Waals surface area contributed by atoms with E-state index in [0.29, 0.717) is 11.1 Å². The first-order chi connectivity index (χ1) is 11.4. The number of aryl methyl sites for hydroxylation is 2. The zero-order chi connectivity index (χ0) is 17.3. The van der Waals surface area contributed by atoms with Crippen LogP contribution in [0.15, 0.2) is 66.7 Å². The van der Waals surface area contributed by atoms with Gasteiger partial charge in [0.2, 0.25) is 0 Å². The van der Waals surface area contributed by atoms with E-state index in [4.69, 9.17) is 0 Å². The van der Waals surface area contributed by atoms with Crippen LogP contribution in [0.25, 0.3) is 22.3 Å². The van der Waals surface area contributed by atoms with Crippen molar-refractivity contribution in [1.82, 2.24) is 0 Å². The van der Waals surface area contributed by atoms with Crippen molar-refractivity contribution < 1.29 is 13.2 Å². The van der Waals surface area contributed by atoms with Crippen molar-refractivity contribution in [2.45, 2.75) is 20.0 Å². The Morgan fingerprint density at radius 2 is 1.17 bits per heavy atom. The van der Waals surface area contributed by atoms with E-state index in [-0.39, 0.29) is 5.56 Å². The zero-order valence-electron chi connectivity index (χ0n) is 13.5. The molecular formula is C21H17F3. The van der Waals surface area contributed by atoms with Crippen LogP contribution in [0.5, 0.6) is 0 Å². The van der Waals surface area contributed by atoms with Gasteiger partial charge in [0.25, 0.3) is 0 Å². The van der Waals surface area contributed by atoms with E-state index in [0.717, 1.165) is 16.7 Å². The number of halogens is 3. The van der Waals surface area contributed by atoms with E-state index in [1.165, 1.54) is 6.07 Å². The minimum Gasteiger partial charge on any atom is -0.166 e. The number of rotatable bonds is 2. The quantitative estimate of drug-likeness (QED) is 0.494. The Bertz CT molecular complexity index is 876. The molecule has 0 radical (unpaired) electrons. The number of benzene rings is 3. The highest BCUT2D eigenvalue weighted by atomic mass is 19.4. The predicted octanol–water partition coefficient (Wildman–Crippen LogP) is 6.66. The lowest BCUT2D eigenvalue weighted by Gasteiger charge is -2.17. The fraction of sp³-hybridized carbons (Fsp3) is 0.143. The maximum Gasteiger partial charge on any atom is 0.417 e. The standard InChI is InChI=1S/C21H17F3/c1-14-7-3-5-9-17(14)16-11-12-19(20(13-16)21(22,23)24)18-10-6-4-8-15(18)2/h3-13H,1-2H3. The van der Waals surface area contributed by atoms with E-state index < -0.39 is 11.7 Å². The van der Waals surface area contributed by atoms with Crippen molar-refractivity contribution >= 4 is 0 Å². The van der Waals surface area contributed by atoms with Crippen LogP contribution in [0.1, 0.15) is 16.7 Å². The molecule has 3 heteroatoms. The summed E-state index contributed by atoms with van der Waals surface area (Å²) in [4.78, 5) is 0. The van der Waals surface area contributed by atoms with Crippen molar-refractivity contribution in [3.63, 3.8) is 0 Å². The molecule has 0 aliphatic heterocycles. The second-order valence-corrected chi connectivity index (χ2v) is 5.89. The monoisotopic (exact) mass is 326 g/mol. The first-order valence-electron chi connectivity index (χ1n) is 7.71. The summed E-state index contributed by atoms with van der Waals surface area (Å²) in [7, 11) is 0.